The molecule has 7 heteroatoms. The van der Waals surface area contributed by atoms with Crippen molar-refractivity contribution in [2.24, 2.45) is 5.41 Å². The van der Waals surface area contributed by atoms with E-state index < -0.39 is 16.1 Å². The van der Waals surface area contributed by atoms with Gasteiger partial charge in [0, 0.05) is 12.2 Å². The van der Waals surface area contributed by atoms with Gasteiger partial charge >= 0.3 is 0 Å². The van der Waals surface area contributed by atoms with Gasteiger partial charge in [-0.1, -0.05) is 20.8 Å². The van der Waals surface area contributed by atoms with Crippen LogP contribution in [0.3, 0.4) is 0 Å². The van der Waals surface area contributed by atoms with Gasteiger partial charge in [0.15, 0.2) is 0 Å². The van der Waals surface area contributed by atoms with Crippen LogP contribution in [0, 0.1) is 5.41 Å². The highest BCUT2D eigenvalue weighted by Gasteiger charge is 2.19. The smallest absolute Gasteiger partial charge is 0.242 e. The molecule has 0 fully saturated rings. The molecule has 21 heavy (non-hydrogen) atoms. The molecule has 1 aromatic rings. The van der Waals surface area contributed by atoms with Crippen molar-refractivity contribution in [3.05, 3.63) is 18.2 Å². The molecule has 6 nitrogen and oxygen atoms in total. The van der Waals surface area contributed by atoms with Gasteiger partial charge in [-0.05, 0) is 37.1 Å². The average molecular weight is 315 g/mol. The summed E-state index contributed by atoms with van der Waals surface area (Å²) < 4.78 is 26.2. The van der Waals surface area contributed by atoms with Crippen LogP contribution < -0.4 is 15.8 Å². The fraction of sp³-hybridized carbons (Fsp3) is 0.571. The zero-order chi connectivity index (χ0) is 16.3. The Bertz CT molecular complexity index is 580. The fourth-order valence-electron chi connectivity index (χ4n) is 2.02. The molecular formula is C14H25N3O3S. The lowest BCUT2D eigenvalue weighted by Crippen LogP contribution is -2.26. The van der Waals surface area contributed by atoms with Gasteiger partial charge in [0.2, 0.25) is 10.0 Å². The average Bonchev–Trinajstić information content (AvgIpc) is 2.35. The second-order valence-electron chi connectivity index (χ2n) is 6.26. The number of aliphatic hydroxyl groups excluding tert-OH is 1. The van der Waals surface area contributed by atoms with Crippen molar-refractivity contribution in [3.8, 4) is 0 Å². The molecule has 0 spiro atoms. The number of anilines is 2. The number of benzene rings is 1. The quantitative estimate of drug-likeness (QED) is 0.594. The fourth-order valence-corrected chi connectivity index (χ4v) is 2.96. The standard InChI is InChI=1S/C14H25N3O3S/c1-14(2,3)8-11(18)9-17-12-6-5-10(15)7-13(12)21(19,20)16-4/h5-7,11,16-18H,8-9,15H2,1-4H3. The van der Waals surface area contributed by atoms with Gasteiger partial charge in [-0.15, -0.1) is 0 Å². The first-order valence-corrected chi connectivity index (χ1v) is 8.28. The minimum atomic E-state index is -3.61. The summed E-state index contributed by atoms with van der Waals surface area (Å²) in [6.45, 7) is 6.39. The van der Waals surface area contributed by atoms with Crippen LogP contribution in [-0.4, -0.2) is 33.2 Å². The molecule has 0 aromatic heterocycles. The van der Waals surface area contributed by atoms with Gasteiger partial charge in [0.25, 0.3) is 0 Å². The second-order valence-corrected chi connectivity index (χ2v) is 8.12. The van der Waals surface area contributed by atoms with Gasteiger partial charge in [0.05, 0.1) is 11.8 Å². The third-order valence-corrected chi connectivity index (χ3v) is 4.39. The number of rotatable bonds is 6. The molecule has 1 aromatic carbocycles. The highest BCUT2D eigenvalue weighted by Crippen LogP contribution is 2.25. The molecule has 5 N–H and O–H groups in total. The van der Waals surface area contributed by atoms with E-state index >= 15 is 0 Å². The topological polar surface area (TPSA) is 104 Å². The normalized spacial score (nSPS) is 14.0. The third-order valence-electron chi connectivity index (χ3n) is 2.94. The molecule has 0 radical (unpaired) electrons. The van der Waals surface area contributed by atoms with Crippen LogP contribution in [-0.2, 0) is 10.0 Å². The Morgan fingerprint density at radius 1 is 1.33 bits per heavy atom. The van der Waals surface area contributed by atoms with Gasteiger partial charge in [-0.2, -0.15) is 0 Å². The number of nitrogen functional groups attached to an aromatic ring is 1. The van der Waals surface area contributed by atoms with Crippen LogP contribution in [0.25, 0.3) is 0 Å². The first-order chi connectivity index (χ1) is 9.55. The van der Waals surface area contributed by atoms with Crippen LogP contribution in [0.15, 0.2) is 23.1 Å². The number of nitrogens with one attached hydrogen (secondary N) is 2. The monoisotopic (exact) mass is 315 g/mol. The van der Waals surface area contributed by atoms with Crippen molar-refractivity contribution in [1.29, 1.82) is 0 Å². The lowest BCUT2D eigenvalue weighted by molar-refractivity contribution is 0.132. The number of aliphatic hydroxyl groups is 1. The molecule has 0 aliphatic rings. The van der Waals surface area contributed by atoms with Gasteiger partial charge in [-0.3, -0.25) is 0 Å². The number of nitrogens with two attached hydrogens (primary N) is 1. The molecular weight excluding hydrogens is 290 g/mol. The first kappa shape index (κ1) is 17.7. The third kappa shape index (κ3) is 5.53. The van der Waals surface area contributed by atoms with E-state index in [2.05, 4.69) is 10.0 Å². The molecule has 0 aliphatic carbocycles. The van der Waals surface area contributed by atoms with Crippen molar-refractivity contribution < 1.29 is 13.5 Å². The highest BCUT2D eigenvalue weighted by molar-refractivity contribution is 7.89. The van der Waals surface area contributed by atoms with Crippen LogP contribution in [0.4, 0.5) is 11.4 Å². The minimum absolute atomic E-state index is 0.00208. The lowest BCUT2D eigenvalue weighted by atomic mass is 9.89. The van der Waals surface area contributed by atoms with Gasteiger partial charge in [-0.25, -0.2) is 13.1 Å². The predicted octanol–water partition coefficient (Wildman–Crippen LogP) is 1.39. The predicted molar refractivity (Wildman–Crippen MR) is 85.7 cm³/mol. The van der Waals surface area contributed by atoms with Crippen LogP contribution >= 0.6 is 0 Å². The van der Waals surface area contributed by atoms with Crippen molar-refractivity contribution >= 4 is 21.4 Å². The Morgan fingerprint density at radius 3 is 2.48 bits per heavy atom. The van der Waals surface area contributed by atoms with E-state index in [-0.39, 0.29) is 16.9 Å². The molecule has 0 saturated carbocycles. The van der Waals surface area contributed by atoms with E-state index in [0.717, 1.165) is 0 Å². The Kier molecular flexibility index (Phi) is 5.61. The lowest BCUT2D eigenvalue weighted by Gasteiger charge is -2.23. The zero-order valence-corrected chi connectivity index (χ0v) is 13.8. The Labute approximate surface area is 126 Å². The molecule has 0 heterocycles. The summed E-state index contributed by atoms with van der Waals surface area (Å²) in [5, 5.41) is 13.0. The molecule has 1 rings (SSSR count). The largest absolute Gasteiger partial charge is 0.399 e. The van der Waals surface area contributed by atoms with E-state index in [1.54, 1.807) is 12.1 Å². The second kappa shape index (κ2) is 6.64. The summed E-state index contributed by atoms with van der Waals surface area (Å²) in [7, 11) is -2.26. The Hall–Kier alpha value is -1.31. The van der Waals surface area contributed by atoms with E-state index in [1.807, 2.05) is 20.8 Å². The van der Waals surface area contributed by atoms with Gasteiger partial charge in [0.1, 0.15) is 4.90 Å². The van der Waals surface area contributed by atoms with Crippen molar-refractivity contribution in [2.75, 3.05) is 24.6 Å². The molecule has 1 atom stereocenters. The van der Waals surface area contributed by atoms with Crippen molar-refractivity contribution in [3.63, 3.8) is 0 Å². The summed E-state index contributed by atoms with van der Waals surface area (Å²) in [4.78, 5) is 0.0768. The number of hydrogen-bond acceptors (Lipinski definition) is 5. The zero-order valence-electron chi connectivity index (χ0n) is 13.0. The Morgan fingerprint density at radius 2 is 1.95 bits per heavy atom. The maximum absolute atomic E-state index is 12.0. The summed E-state index contributed by atoms with van der Waals surface area (Å²) >= 11 is 0. The number of sulfonamides is 1. The molecule has 120 valence electrons. The van der Waals surface area contributed by atoms with E-state index in [1.165, 1.54) is 13.1 Å². The van der Waals surface area contributed by atoms with Crippen molar-refractivity contribution in [1.82, 2.24) is 4.72 Å². The van der Waals surface area contributed by atoms with Gasteiger partial charge < -0.3 is 16.2 Å². The maximum atomic E-state index is 12.0. The summed E-state index contributed by atoms with van der Waals surface area (Å²) in [5.74, 6) is 0. The van der Waals surface area contributed by atoms with E-state index in [9.17, 15) is 13.5 Å². The SMILES string of the molecule is CNS(=O)(=O)c1cc(N)ccc1NCC(O)CC(C)(C)C. The summed E-state index contributed by atoms with van der Waals surface area (Å²) in [6.07, 6.45) is 0.0518. The summed E-state index contributed by atoms with van der Waals surface area (Å²) in [5.41, 5.74) is 6.44. The minimum Gasteiger partial charge on any atom is -0.399 e. The van der Waals surface area contributed by atoms with E-state index in [4.69, 9.17) is 5.73 Å². The molecule has 0 bridgehead atoms. The van der Waals surface area contributed by atoms with Crippen LogP contribution in [0.1, 0.15) is 27.2 Å². The number of hydrogen-bond donors (Lipinski definition) is 4. The Balaban J connectivity index is 2.90. The van der Waals surface area contributed by atoms with Crippen LogP contribution in [0.5, 0.6) is 0 Å². The molecule has 0 amide bonds. The van der Waals surface area contributed by atoms with Crippen LogP contribution in [0.2, 0.25) is 0 Å². The molecule has 0 aliphatic heterocycles. The molecule has 1 unspecified atom stereocenters. The van der Waals surface area contributed by atoms with Crippen molar-refractivity contribution in [2.45, 2.75) is 38.2 Å². The highest BCUT2D eigenvalue weighted by atomic mass is 32.2. The van der Waals surface area contributed by atoms with E-state index in [0.29, 0.717) is 17.8 Å². The first-order valence-electron chi connectivity index (χ1n) is 6.80. The molecule has 0 saturated heterocycles. The maximum Gasteiger partial charge on any atom is 0.242 e. The summed E-state index contributed by atoms with van der Waals surface area (Å²) in [6, 6.07) is 4.61.